The lowest BCUT2D eigenvalue weighted by Crippen LogP contribution is -2.42. The van der Waals surface area contributed by atoms with E-state index in [4.69, 9.17) is 16.3 Å². The summed E-state index contributed by atoms with van der Waals surface area (Å²) in [5.41, 5.74) is 2.43. The van der Waals surface area contributed by atoms with Crippen LogP contribution in [0.4, 0.5) is 4.39 Å². The van der Waals surface area contributed by atoms with Crippen molar-refractivity contribution < 1.29 is 18.7 Å². The molecule has 3 rings (SSSR count). The minimum absolute atomic E-state index is 0.0998. The Morgan fingerprint density at radius 1 is 1.19 bits per heavy atom. The van der Waals surface area contributed by atoms with Crippen LogP contribution in [0, 0.1) is 5.82 Å². The summed E-state index contributed by atoms with van der Waals surface area (Å²) < 4.78 is 18.9. The number of benzene rings is 2. The van der Waals surface area contributed by atoms with E-state index >= 15 is 0 Å². The Balaban J connectivity index is 1.60. The first-order chi connectivity index (χ1) is 13.0. The van der Waals surface area contributed by atoms with E-state index in [1.54, 1.807) is 4.90 Å². The molecule has 0 aromatic heterocycles. The molecular formula is C21H19ClFNO3. The average molecular weight is 388 g/mol. The average Bonchev–Trinajstić information content (AvgIpc) is 2.66. The SMILES string of the molecule is C[C@@H](OC(=O)/C=C/c1c(F)cccc1Cl)C(=O)N1CCc2ccccc2C1. The molecule has 1 atom stereocenters. The Hall–Kier alpha value is -2.66. The summed E-state index contributed by atoms with van der Waals surface area (Å²) in [7, 11) is 0. The van der Waals surface area contributed by atoms with Crippen molar-refractivity contribution in [3.05, 3.63) is 76.1 Å². The van der Waals surface area contributed by atoms with Gasteiger partial charge in [-0.1, -0.05) is 41.9 Å². The summed E-state index contributed by atoms with van der Waals surface area (Å²) in [5.74, 6) is -1.52. The first-order valence-electron chi connectivity index (χ1n) is 8.64. The van der Waals surface area contributed by atoms with Crippen LogP contribution in [-0.2, 0) is 27.3 Å². The second kappa shape index (κ2) is 8.35. The Bertz CT molecular complexity index is 876. The van der Waals surface area contributed by atoms with Crippen LogP contribution in [0.15, 0.2) is 48.5 Å². The highest BCUT2D eigenvalue weighted by Crippen LogP contribution is 2.21. The number of hydrogen-bond acceptors (Lipinski definition) is 3. The first kappa shape index (κ1) is 19.1. The van der Waals surface area contributed by atoms with E-state index in [1.807, 2.05) is 18.2 Å². The quantitative estimate of drug-likeness (QED) is 0.588. The van der Waals surface area contributed by atoms with Gasteiger partial charge in [0.15, 0.2) is 6.10 Å². The predicted octanol–water partition coefficient (Wildman–Crippen LogP) is 4.01. The molecule has 0 spiro atoms. The number of halogens is 2. The normalized spacial score (nSPS) is 14.7. The fraction of sp³-hybridized carbons (Fsp3) is 0.238. The molecule has 2 aromatic rings. The van der Waals surface area contributed by atoms with Crippen LogP contribution >= 0.6 is 11.6 Å². The Kier molecular flexibility index (Phi) is 5.91. The molecule has 1 aliphatic heterocycles. The van der Waals surface area contributed by atoms with Crippen molar-refractivity contribution in [2.75, 3.05) is 6.54 Å². The number of fused-ring (bicyclic) bond motifs is 1. The molecule has 1 heterocycles. The molecule has 0 radical (unpaired) electrons. The van der Waals surface area contributed by atoms with Gasteiger partial charge in [-0.2, -0.15) is 0 Å². The molecular weight excluding hydrogens is 369 g/mol. The monoisotopic (exact) mass is 387 g/mol. The lowest BCUT2D eigenvalue weighted by Gasteiger charge is -2.30. The Labute approximate surface area is 162 Å². The maximum atomic E-state index is 13.7. The van der Waals surface area contributed by atoms with E-state index in [0.29, 0.717) is 13.1 Å². The van der Waals surface area contributed by atoms with E-state index in [-0.39, 0.29) is 16.5 Å². The number of ether oxygens (including phenoxy) is 1. The van der Waals surface area contributed by atoms with Gasteiger partial charge in [-0.15, -0.1) is 0 Å². The van der Waals surface area contributed by atoms with Gasteiger partial charge in [-0.3, -0.25) is 4.79 Å². The minimum Gasteiger partial charge on any atom is -0.449 e. The molecule has 0 N–H and O–H groups in total. The van der Waals surface area contributed by atoms with Crippen molar-refractivity contribution >= 4 is 29.6 Å². The summed E-state index contributed by atoms with van der Waals surface area (Å²) in [5, 5.41) is 0.190. The van der Waals surface area contributed by atoms with Crippen molar-refractivity contribution in [1.29, 1.82) is 0 Å². The second-order valence-corrected chi connectivity index (χ2v) is 6.73. The molecule has 0 unspecified atom stereocenters. The molecule has 0 fully saturated rings. The zero-order valence-corrected chi connectivity index (χ0v) is 15.6. The maximum Gasteiger partial charge on any atom is 0.331 e. The zero-order chi connectivity index (χ0) is 19.4. The van der Waals surface area contributed by atoms with Crippen LogP contribution in [-0.4, -0.2) is 29.4 Å². The van der Waals surface area contributed by atoms with Gasteiger partial charge in [0.1, 0.15) is 5.82 Å². The van der Waals surface area contributed by atoms with Gasteiger partial charge in [-0.05, 0) is 42.7 Å². The smallest absolute Gasteiger partial charge is 0.331 e. The fourth-order valence-electron chi connectivity index (χ4n) is 3.03. The Morgan fingerprint density at radius 3 is 2.67 bits per heavy atom. The largest absolute Gasteiger partial charge is 0.449 e. The number of amides is 1. The van der Waals surface area contributed by atoms with Crippen LogP contribution in [0.3, 0.4) is 0 Å². The molecule has 27 heavy (non-hydrogen) atoms. The van der Waals surface area contributed by atoms with E-state index in [1.165, 1.54) is 36.8 Å². The second-order valence-electron chi connectivity index (χ2n) is 6.33. The number of esters is 1. The van der Waals surface area contributed by atoms with E-state index in [2.05, 4.69) is 6.07 Å². The zero-order valence-electron chi connectivity index (χ0n) is 14.8. The number of hydrogen-bond donors (Lipinski definition) is 0. The van der Waals surface area contributed by atoms with Gasteiger partial charge < -0.3 is 9.64 Å². The molecule has 2 aromatic carbocycles. The van der Waals surface area contributed by atoms with Gasteiger partial charge in [0.25, 0.3) is 5.91 Å². The molecule has 0 saturated heterocycles. The van der Waals surface area contributed by atoms with E-state index in [0.717, 1.165) is 18.1 Å². The lowest BCUT2D eigenvalue weighted by atomic mass is 9.99. The number of nitrogens with zero attached hydrogens (tertiary/aromatic N) is 1. The highest BCUT2D eigenvalue weighted by Gasteiger charge is 2.26. The van der Waals surface area contributed by atoms with Crippen LogP contribution < -0.4 is 0 Å². The summed E-state index contributed by atoms with van der Waals surface area (Å²) >= 11 is 5.91. The summed E-state index contributed by atoms with van der Waals surface area (Å²) in [6, 6.07) is 12.2. The van der Waals surface area contributed by atoms with Gasteiger partial charge >= 0.3 is 5.97 Å². The third kappa shape index (κ3) is 4.55. The first-order valence-corrected chi connectivity index (χ1v) is 9.02. The standard InChI is InChI=1S/C21H19ClFNO3/c1-14(21(26)24-12-11-15-5-2-3-6-16(15)13-24)27-20(25)10-9-17-18(22)7-4-8-19(17)23/h2-10,14H,11-13H2,1H3/b10-9+/t14-/m1/s1. The fourth-order valence-corrected chi connectivity index (χ4v) is 3.25. The number of carbonyl (C=O) groups is 2. The Morgan fingerprint density at radius 2 is 1.93 bits per heavy atom. The summed E-state index contributed by atoms with van der Waals surface area (Å²) in [4.78, 5) is 26.2. The van der Waals surface area contributed by atoms with E-state index in [9.17, 15) is 14.0 Å². The van der Waals surface area contributed by atoms with Gasteiger partial charge in [0, 0.05) is 24.7 Å². The third-order valence-electron chi connectivity index (χ3n) is 4.47. The molecule has 0 bridgehead atoms. The topological polar surface area (TPSA) is 46.6 Å². The molecule has 6 heteroatoms. The van der Waals surface area contributed by atoms with Crippen LogP contribution in [0.1, 0.15) is 23.6 Å². The molecule has 1 amide bonds. The number of carbonyl (C=O) groups excluding carboxylic acids is 2. The molecule has 4 nitrogen and oxygen atoms in total. The van der Waals surface area contributed by atoms with Gasteiger partial charge in [0.05, 0.1) is 5.02 Å². The molecule has 1 aliphatic rings. The summed E-state index contributed by atoms with van der Waals surface area (Å²) in [6.45, 7) is 2.61. The minimum atomic E-state index is -0.927. The van der Waals surface area contributed by atoms with Crippen LogP contribution in [0.25, 0.3) is 6.08 Å². The lowest BCUT2D eigenvalue weighted by molar-refractivity contribution is -0.155. The van der Waals surface area contributed by atoms with E-state index < -0.39 is 17.9 Å². The van der Waals surface area contributed by atoms with Crippen LogP contribution in [0.5, 0.6) is 0 Å². The molecule has 140 valence electrons. The highest BCUT2D eigenvalue weighted by molar-refractivity contribution is 6.32. The van der Waals surface area contributed by atoms with Crippen molar-refractivity contribution in [3.8, 4) is 0 Å². The summed E-state index contributed by atoms with van der Waals surface area (Å²) in [6.07, 6.45) is 2.16. The highest BCUT2D eigenvalue weighted by atomic mass is 35.5. The predicted molar refractivity (Wildman–Crippen MR) is 102 cm³/mol. The third-order valence-corrected chi connectivity index (χ3v) is 4.80. The van der Waals surface area contributed by atoms with Gasteiger partial charge in [0.2, 0.25) is 0 Å². The van der Waals surface area contributed by atoms with Crippen LogP contribution in [0.2, 0.25) is 5.02 Å². The molecule has 0 aliphatic carbocycles. The van der Waals surface area contributed by atoms with Crippen molar-refractivity contribution in [3.63, 3.8) is 0 Å². The van der Waals surface area contributed by atoms with Crippen molar-refractivity contribution in [2.45, 2.75) is 26.0 Å². The maximum absolute atomic E-state index is 13.7. The molecule has 0 saturated carbocycles. The number of rotatable bonds is 4. The van der Waals surface area contributed by atoms with Gasteiger partial charge in [-0.25, -0.2) is 9.18 Å². The van der Waals surface area contributed by atoms with Crippen molar-refractivity contribution in [1.82, 2.24) is 4.90 Å². The van der Waals surface area contributed by atoms with Crippen molar-refractivity contribution in [2.24, 2.45) is 0 Å².